The Labute approximate surface area is 97.0 Å². The summed E-state index contributed by atoms with van der Waals surface area (Å²) in [5.41, 5.74) is 1.07. The molecule has 16 heavy (non-hydrogen) atoms. The van der Waals surface area contributed by atoms with Gasteiger partial charge in [-0.25, -0.2) is 0 Å². The maximum Gasteiger partial charge on any atom is 0.0700 e. The van der Waals surface area contributed by atoms with Crippen molar-refractivity contribution in [3.63, 3.8) is 0 Å². The Morgan fingerprint density at radius 1 is 1.25 bits per heavy atom. The molecule has 0 atom stereocenters. The maximum absolute atomic E-state index is 5.35. The minimum absolute atomic E-state index is 0.668. The molecule has 1 aromatic rings. The van der Waals surface area contributed by atoms with Crippen LogP contribution in [0.4, 0.5) is 0 Å². The molecule has 4 nitrogen and oxygen atoms in total. The van der Waals surface area contributed by atoms with E-state index in [0.717, 1.165) is 31.8 Å². The Kier molecular flexibility index (Phi) is 7.59. The zero-order valence-electron chi connectivity index (χ0n) is 9.82. The maximum atomic E-state index is 5.35. The zero-order valence-corrected chi connectivity index (χ0v) is 9.82. The first kappa shape index (κ1) is 13.1. The molecule has 1 N–H and O–H groups in total. The van der Waals surface area contributed by atoms with Crippen LogP contribution in [0.2, 0.25) is 0 Å². The number of nitrogens with zero attached hydrogens (tertiary/aromatic N) is 1. The van der Waals surface area contributed by atoms with Gasteiger partial charge in [0.1, 0.15) is 0 Å². The van der Waals surface area contributed by atoms with Gasteiger partial charge in [-0.3, -0.25) is 4.98 Å². The fourth-order valence-corrected chi connectivity index (χ4v) is 1.26. The zero-order chi connectivity index (χ0) is 11.5. The molecular formula is C12H20N2O2. The van der Waals surface area contributed by atoms with Crippen LogP contribution in [-0.2, 0) is 16.0 Å². The third kappa shape index (κ3) is 6.50. The van der Waals surface area contributed by atoms with E-state index in [1.807, 2.05) is 24.4 Å². The van der Waals surface area contributed by atoms with Crippen molar-refractivity contribution in [2.45, 2.75) is 13.0 Å². The minimum atomic E-state index is 0.668. The fraction of sp³-hybridized carbons (Fsp3) is 0.583. The van der Waals surface area contributed by atoms with Crippen molar-refractivity contribution < 1.29 is 9.47 Å². The quantitative estimate of drug-likeness (QED) is 0.641. The van der Waals surface area contributed by atoms with Crippen molar-refractivity contribution in [2.24, 2.45) is 0 Å². The summed E-state index contributed by atoms with van der Waals surface area (Å²) in [6.45, 7) is 3.89. The molecule has 0 spiro atoms. The molecule has 0 aliphatic rings. The first-order valence-electron chi connectivity index (χ1n) is 5.61. The van der Waals surface area contributed by atoms with Crippen molar-refractivity contribution >= 4 is 0 Å². The number of ether oxygens (including phenoxy) is 2. The number of pyridine rings is 1. The van der Waals surface area contributed by atoms with Crippen LogP contribution in [0.1, 0.15) is 12.1 Å². The lowest BCUT2D eigenvalue weighted by molar-refractivity contribution is 0.0694. The van der Waals surface area contributed by atoms with Crippen molar-refractivity contribution in [3.8, 4) is 0 Å². The van der Waals surface area contributed by atoms with Crippen LogP contribution in [0.5, 0.6) is 0 Å². The fourth-order valence-electron chi connectivity index (χ4n) is 1.26. The molecule has 0 amide bonds. The van der Waals surface area contributed by atoms with Gasteiger partial charge in [0.15, 0.2) is 0 Å². The van der Waals surface area contributed by atoms with E-state index >= 15 is 0 Å². The largest absolute Gasteiger partial charge is 0.382 e. The van der Waals surface area contributed by atoms with Gasteiger partial charge in [0.2, 0.25) is 0 Å². The van der Waals surface area contributed by atoms with Crippen LogP contribution in [0.25, 0.3) is 0 Å². The highest BCUT2D eigenvalue weighted by atomic mass is 16.5. The van der Waals surface area contributed by atoms with E-state index in [0.29, 0.717) is 13.2 Å². The predicted octanol–water partition coefficient (Wildman–Crippen LogP) is 1.22. The van der Waals surface area contributed by atoms with E-state index in [-0.39, 0.29) is 0 Å². The average molecular weight is 224 g/mol. The van der Waals surface area contributed by atoms with Gasteiger partial charge in [-0.15, -0.1) is 0 Å². The molecule has 0 radical (unpaired) electrons. The van der Waals surface area contributed by atoms with Crippen LogP contribution in [-0.4, -0.2) is 38.5 Å². The second kappa shape index (κ2) is 9.27. The number of rotatable bonds is 9. The van der Waals surface area contributed by atoms with Gasteiger partial charge in [0.05, 0.1) is 18.9 Å². The lowest BCUT2D eigenvalue weighted by Crippen LogP contribution is -2.17. The van der Waals surface area contributed by atoms with Crippen molar-refractivity contribution in [1.82, 2.24) is 10.3 Å². The van der Waals surface area contributed by atoms with Gasteiger partial charge in [0, 0.05) is 26.5 Å². The number of methoxy groups -OCH3 is 1. The smallest absolute Gasteiger partial charge is 0.0700 e. The molecule has 1 aromatic heterocycles. The summed E-state index contributed by atoms with van der Waals surface area (Å²) in [6.07, 6.45) is 2.82. The van der Waals surface area contributed by atoms with Gasteiger partial charge in [-0.05, 0) is 25.1 Å². The van der Waals surface area contributed by atoms with Gasteiger partial charge in [-0.2, -0.15) is 0 Å². The molecule has 4 heteroatoms. The molecular weight excluding hydrogens is 204 g/mol. The van der Waals surface area contributed by atoms with Crippen LogP contribution >= 0.6 is 0 Å². The van der Waals surface area contributed by atoms with Crippen molar-refractivity contribution in [3.05, 3.63) is 30.1 Å². The predicted molar refractivity (Wildman–Crippen MR) is 63.3 cm³/mol. The minimum Gasteiger partial charge on any atom is -0.382 e. The topological polar surface area (TPSA) is 43.4 Å². The molecule has 0 aliphatic carbocycles. The van der Waals surface area contributed by atoms with E-state index in [2.05, 4.69) is 10.3 Å². The Balaban J connectivity index is 1.89. The number of hydrogen-bond acceptors (Lipinski definition) is 4. The summed E-state index contributed by atoms with van der Waals surface area (Å²) in [7, 11) is 1.68. The Hall–Kier alpha value is -0.970. The lowest BCUT2D eigenvalue weighted by Gasteiger charge is -2.05. The van der Waals surface area contributed by atoms with E-state index in [4.69, 9.17) is 9.47 Å². The SMILES string of the molecule is COCCOCCCNCc1ccccn1. The summed E-state index contributed by atoms with van der Waals surface area (Å²) in [4.78, 5) is 4.23. The third-order valence-electron chi connectivity index (χ3n) is 2.11. The van der Waals surface area contributed by atoms with Gasteiger partial charge < -0.3 is 14.8 Å². The molecule has 1 heterocycles. The number of nitrogens with one attached hydrogen (secondary N) is 1. The summed E-state index contributed by atoms with van der Waals surface area (Å²) < 4.78 is 10.2. The number of aromatic nitrogens is 1. The highest BCUT2D eigenvalue weighted by Gasteiger charge is 1.92. The first-order chi connectivity index (χ1) is 7.93. The van der Waals surface area contributed by atoms with E-state index in [1.54, 1.807) is 7.11 Å². The lowest BCUT2D eigenvalue weighted by atomic mass is 10.3. The van der Waals surface area contributed by atoms with E-state index in [9.17, 15) is 0 Å². The molecule has 0 saturated carbocycles. The summed E-state index contributed by atoms with van der Waals surface area (Å²) >= 11 is 0. The van der Waals surface area contributed by atoms with Gasteiger partial charge in [-0.1, -0.05) is 6.07 Å². The van der Waals surface area contributed by atoms with Crippen molar-refractivity contribution in [1.29, 1.82) is 0 Å². The molecule has 0 fully saturated rings. The van der Waals surface area contributed by atoms with E-state index in [1.165, 1.54) is 0 Å². The van der Waals surface area contributed by atoms with Crippen LogP contribution in [0, 0.1) is 0 Å². The number of hydrogen-bond donors (Lipinski definition) is 1. The Bertz CT molecular complexity index is 254. The normalized spacial score (nSPS) is 10.6. The summed E-state index contributed by atoms with van der Waals surface area (Å²) in [5, 5.41) is 3.32. The summed E-state index contributed by atoms with van der Waals surface area (Å²) in [6, 6.07) is 5.94. The molecule has 0 saturated heterocycles. The second-order valence-corrected chi connectivity index (χ2v) is 3.46. The Morgan fingerprint density at radius 3 is 2.94 bits per heavy atom. The van der Waals surface area contributed by atoms with Crippen LogP contribution in [0.15, 0.2) is 24.4 Å². The van der Waals surface area contributed by atoms with Crippen LogP contribution in [0.3, 0.4) is 0 Å². The van der Waals surface area contributed by atoms with E-state index < -0.39 is 0 Å². The van der Waals surface area contributed by atoms with Crippen LogP contribution < -0.4 is 5.32 Å². The highest BCUT2D eigenvalue weighted by Crippen LogP contribution is 1.92. The molecule has 0 bridgehead atoms. The molecule has 0 aromatic carbocycles. The standard InChI is InChI=1S/C12H20N2O2/c1-15-9-10-16-8-4-6-13-11-12-5-2-3-7-14-12/h2-3,5,7,13H,4,6,8-11H2,1H3. The Morgan fingerprint density at radius 2 is 2.19 bits per heavy atom. The highest BCUT2D eigenvalue weighted by molar-refractivity contribution is 5.02. The molecule has 1 rings (SSSR count). The van der Waals surface area contributed by atoms with Gasteiger partial charge >= 0.3 is 0 Å². The molecule has 0 aliphatic heterocycles. The monoisotopic (exact) mass is 224 g/mol. The molecule has 0 unspecified atom stereocenters. The average Bonchev–Trinajstić information content (AvgIpc) is 2.34. The first-order valence-corrected chi connectivity index (χ1v) is 5.61. The molecule has 90 valence electrons. The van der Waals surface area contributed by atoms with Crippen molar-refractivity contribution in [2.75, 3.05) is 33.5 Å². The second-order valence-electron chi connectivity index (χ2n) is 3.46. The van der Waals surface area contributed by atoms with Gasteiger partial charge in [0.25, 0.3) is 0 Å². The third-order valence-corrected chi connectivity index (χ3v) is 2.11. The summed E-state index contributed by atoms with van der Waals surface area (Å²) in [5.74, 6) is 0.